The van der Waals surface area contributed by atoms with Crippen LogP contribution in [0.4, 0.5) is 0 Å². The van der Waals surface area contributed by atoms with Crippen LogP contribution in [0.1, 0.15) is 38.2 Å². The van der Waals surface area contributed by atoms with E-state index in [1.807, 2.05) is 12.1 Å². The van der Waals surface area contributed by atoms with Gasteiger partial charge < -0.3 is 15.8 Å². The number of ether oxygens (including phenoxy) is 1. The number of likely N-dealkylation sites (N-methyl/N-ethyl adjacent to an activating group) is 1. The maximum absolute atomic E-state index is 13.1. The van der Waals surface area contributed by atoms with Crippen LogP contribution in [-0.4, -0.2) is 49.2 Å². The molecule has 0 bridgehead atoms. The molecule has 3 N–H and O–H groups in total. The first-order valence-corrected chi connectivity index (χ1v) is 9.61. The molecule has 7 heteroatoms. The van der Waals surface area contributed by atoms with Crippen LogP contribution >= 0.6 is 0 Å². The van der Waals surface area contributed by atoms with Crippen molar-refractivity contribution in [2.75, 3.05) is 26.8 Å². The van der Waals surface area contributed by atoms with Crippen LogP contribution in [-0.2, 0) is 14.3 Å². The predicted molar refractivity (Wildman–Crippen MR) is 107 cm³/mol. The van der Waals surface area contributed by atoms with Gasteiger partial charge in [0.2, 0.25) is 5.91 Å². The van der Waals surface area contributed by atoms with E-state index < -0.39 is 11.8 Å². The Kier molecular flexibility index (Phi) is 6.05. The molecule has 1 aliphatic carbocycles. The third-order valence-electron chi connectivity index (χ3n) is 5.27. The number of carbonyl (C=O) groups excluding carboxylic acids is 2. The molecular formula is C21H28N4O3. The summed E-state index contributed by atoms with van der Waals surface area (Å²) < 4.78 is 5.62. The Hall–Kier alpha value is -2.38. The minimum Gasteiger partial charge on any atom is -0.374 e. The van der Waals surface area contributed by atoms with Crippen molar-refractivity contribution in [1.29, 1.82) is 0 Å². The summed E-state index contributed by atoms with van der Waals surface area (Å²) >= 11 is 0. The van der Waals surface area contributed by atoms with Gasteiger partial charge in [0.1, 0.15) is 5.78 Å². The van der Waals surface area contributed by atoms with Gasteiger partial charge in [-0.25, -0.2) is 0 Å². The SMILES string of the molecule is CNC(=O)C1=C(COCCN)N=C2CC(C)(C)CC(=O)C2C1c1cccnc1. The molecule has 1 aromatic rings. The molecule has 1 aliphatic heterocycles. The van der Waals surface area contributed by atoms with Gasteiger partial charge in [0, 0.05) is 49.6 Å². The number of aromatic nitrogens is 1. The fraction of sp³-hybridized carbons (Fsp3) is 0.524. The highest BCUT2D eigenvalue weighted by molar-refractivity contribution is 6.12. The van der Waals surface area contributed by atoms with E-state index in [1.165, 1.54) is 0 Å². The Morgan fingerprint density at radius 1 is 1.36 bits per heavy atom. The normalized spacial score (nSPS) is 23.9. The molecule has 28 heavy (non-hydrogen) atoms. The van der Waals surface area contributed by atoms with Gasteiger partial charge in [-0.15, -0.1) is 0 Å². The van der Waals surface area contributed by atoms with Crippen molar-refractivity contribution in [3.05, 3.63) is 41.4 Å². The molecule has 0 saturated heterocycles. The lowest BCUT2D eigenvalue weighted by atomic mass is 9.63. The number of Topliss-reactive ketones (excluding diaryl/α,β-unsaturated/α-hetero) is 1. The highest BCUT2D eigenvalue weighted by Gasteiger charge is 2.47. The molecule has 0 aromatic carbocycles. The van der Waals surface area contributed by atoms with Crippen molar-refractivity contribution < 1.29 is 14.3 Å². The fourth-order valence-electron chi connectivity index (χ4n) is 4.19. The Morgan fingerprint density at radius 3 is 2.79 bits per heavy atom. The topological polar surface area (TPSA) is 107 Å². The molecule has 2 unspecified atom stereocenters. The standard InChI is InChI=1S/C21H28N4O3/c1-21(2)9-14-18(16(26)10-21)17(13-5-4-7-24-11-13)19(20(27)23-3)15(25-14)12-28-8-6-22/h4-5,7,11,17-18H,6,8-10,12,22H2,1-3H3,(H,23,27). The molecule has 0 radical (unpaired) electrons. The van der Waals surface area contributed by atoms with Crippen molar-refractivity contribution >= 4 is 17.4 Å². The maximum Gasteiger partial charge on any atom is 0.249 e. The highest BCUT2D eigenvalue weighted by atomic mass is 16.5. The van der Waals surface area contributed by atoms with Crippen molar-refractivity contribution in [2.45, 2.75) is 32.6 Å². The monoisotopic (exact) mass is 384 g/mol. The average molecular weight is 384 g/mol. The summed E-state index contributed by atoms with van der Waals surface area (Å²) in [4.78, 5) is 35.0. The first-order chi connectivity index (χ1) is 13.4. The Balaban J connectivity index is 2.15. The molecule has 1 aromatic heterocycles. The molecular weight excluding hydrogens is 356 g/mol. The second-order valence-corrected chi connectivity index (χ2v) is 8.11. The number of rotatable bonds is 6. The number of aliphatic imine (C=N–C) groups is 1. The minimum absolute atomic E-state index is 0.118. The summed E-state index contributed by atoms with van der Waals surface area (Å²) in [6, 6.07) is 3.74. The third kappa shape index (κ3) is 4.05. The summed E-state index contributed by atoms with van der Waals surface area (Å²) in [5.74, 6) is -0.989. The van der Waals surface area contributed by atoms with E-state index in [0.29, 0.717) is 37.3 Å². The van der Waals surface area contributed by atoms with Crippen LogP contribution in [0.25, 0.3) is 0 Å². The number of hydrogen-bond acceptors (Lipinski definition) is 6. The Bertz CT molecular complexity index is 814. The quantitative estimate of drug-likeness (QED) is 0.725. The van der Waals surface area contributed by atoms with Gasteiger partial charge in [-0.2, -0.15) is 0 Å². The number of nitrogens with two attached hydrogens (primary N) is 1. The lowest BCUT2D eigenvalue weighted by Gasteiger charge is -2.41. The molecule has 2 aliphatic rings. The zero-order chi connectivity index (χ0) is 20.3. The Morgan fingerprint density at radius 2 is 2.14 bits per heavy atom. The van der Waals surface area contributed by atoms with Gasteiger partial charge in [-0.3, -0.25) is 19.6 Å². The number of ketones is 1. The average Bonchev–Trinajstić information content (AvgIpc) is 2.66. The van der Waals surface area contributed by atoms with E-state index in [2.05, 4.69) is 24.1 Å². The van der Waals surface area contributed by atoms with E-state index in [9.17, 15) is 9.59 Å². The zero-order valence-electron chi connectivity index (χ0n) is 16.7. The Labute approximate surface area is 165 Å². The van der Waals surface area contributed by atoms with Gasteiger partial charge in [-0.1, -0.05) is 19.9 Å². The van der Waals surface area contributed by atoms with Crippen LogP contribution < -0.4 is 11.1 Å². The van der Waals surface area contributed by atoms with Crippen molar-refractivity contribution in [3.63, 3.8) is 0 Å². The van der Waals surface area contributed by atoms with E-state index in [-0.39, 0.29) is 23.7 Å². The second-order valence-electron chi connectivity index (χ2n) is 8.11. The highest BCUT2D eigenvalue weighted by Crippen LogP contribution is 2.46. The van der Waals surface area contributed by atoms with Gasteiger partial charge in [0.15, 0.2) is 0 Å². The van der Waals surface area contributed by atoms with E-state index in [4.69, 9.17) is 15.5 Å². The van der Waals surface area contributed by atoms with Gasteiger partial charge in [0.25, 0.3) is 0 Å². The zero-order valence-corrected chi connectivity index (χ0v) is 16.7. The molecule has 150 valence electrons. The summed E-state index contributed by atoms with van der Waals surface area (Å²) in [7, 11) is 1.58. The summed E-state index contributed by atoms with van der Waals surface area (Å²) in [5.41, 5.74) is 8.09. The van der Waals surface area contributed by atoms with E-state index in [0.717, 1.165) is 11.3 Å². The summed E-state index contributed by atoms with van der Waals surface area (Å²) in [6.07, 6.45) is 4.58. The molecule has 3 rings (SSSR count). The van der Waals surface area contributed by atoms with E-state index in [1.54, 1.807) is 19.4 Å². The summed E-state index contributed by atoms with van der Waals surface area (Å²) in [5, 5.41) is 2.70. The number of amides is 1. The lowest BCUT2D eigenvalue weighted by Crippen LogP contribution is -2.45. The predicted octanol–water partition coefficient (Wildman–Crippen LogP) is 1.60. The minimum atomic E-state index is -0.442. The van der Waals surface area contributed by atoms with Crippen LogP contribution in [0.2, 0.25) is 0 Å². The smallest absolute Gasteiger partial charge is 0.249 e. The number of hydrogen-bond donors (Lipinski definition) is 2. The third-order valence-corrected chi connectivity index (χ3v) is 5.27. The second kappa shape index (κ2) is 8.32. The van der Waals surface area contributed by atoms with E-state index >= 15 is 0 Å². The van der Waals surface area contributed by atoms with Gasteiger partial charge in [-0.05, 0) is 23.5 Å². The molecule has 2 atom stereocenters. The molecule has 1 fully saturated rings. The molecule has 2 heterocycles. The molecule has 1 saturated carbocycles. The first-order valence-electron chi connectivity index (χ1n) is 9.61. The number of pyridine rings is 1. The lowest BCUT2D eigenvalue weighted by molar-refractivity contribution is -0.124. The number of nitrogens with zero attached hydrogens (tertiary/aromatic N) is 2. The summed E-state index contributed by atoms with van der Waals surface area (Å²) in [6.45, 7) is 5.10. The first kappa shape index (κ1) is 20.4. The molecule has 1 amide bonds. The largest absolute Gasteiger partial charge is 0.374 e. The van der Waals surface area contributed by atoms with Crippen LogP contribution in [0.5, 0.6) is 0 Å². The number of nitrogens with one attached hydrogen (secondary N) is 1. The fourth-order valence-corrected chi connectivity index (χ4v) is 4.19. The van der Waals surface area contributed by atoms with Crippen molar-refractivity contribution in [2.24, 2.45) is 22.1 Å². The van der Waals surface area contributed by atoms with Crippen molar-refractivity contribution in [3.8, 4) is 0 Å². The van der Waals surface area contributed by atoms with Gasteiger partial charge in [0.05, 0.1) is 24.8 Å². The maximum atomic E-state index is 13.1. The molecule has 0 spiro atoms. The number of carbonyl (C=O) groups is 2. The van der Waals surface area contributed by atoms with Crippen LogP contribution in [0, 0.1) is 11.3 Å². The molecule has 7 nitrogen and oxygen atoms in total. The van der Waals surface area contributed by atoms with Crippen molar-refractivity contribution in [1.82, 2.24) is 10.3 Å². The van der Waals surface area contributed by atoms with Gasteiger partial charge >= 0.3 is 0 Å². The van der Waals surface area contributed by atoms with Crippen LogP contribution in [0.15, 0.2) is 40.8 Å². The number of fused-ring (bicyclic) bond motifs is 1. The van der Waals surface area contributed by atoms with Crippen LogP contribution in [0.3, 0.4) is 0 Å².